The first-order valence-corrected chi connectivity index (χ1v) is 8.08. The van der Waals surface area contributed by atoms with Crippen molar-refractivity contribution in [3.05, 3.63) is 46.9 Å². The molecule has 3 rings (SSSR count). The van der Waals surface area contributed by atoms with Gasteiger partial charge in [0.15, 0.2) is 5.76 Å². The number of hydrogen-bond donors (Lipinski definition) is 2. The number of aromatic nitrogens is 2. The van der Waals surface area contributed by atoms with Crippen LogP contribution in [0.2, 0.25) is 5.02 Å². The van der Waals surface area contributed by atoms with Crippen molar-refractivity contribution in [1.82, 2.24) is 15.5 Å². The van der Waals surface area contributed by atoms with E-state index in [0.29, 0.717) is 23.1 Å². The molecule has 0 fully saturated rings. The van der Waals surface area contributed by atoms with Gasteiger partial charge in [-0.05, 0) is 19.1 Å². The van der Waals surface area contributed by atoms with E-state index in [4.69, 9.17) is 25.6 Å². The fourth-order valence-electron chi connectivity index (χ4n) is 2.30. The number of aromatic amines is 1. The number of nitrogens with zero attached hydrogens (tertiary/aromatic N) is 1. The van der Waals surface area contributed by atoms with E-state index in [9.17, 15) is 4.79 Å². The Hall–Kier alpha value is -2.51. The fraction of sp³-hybridized carbons (Fsp3) is 0.294. The van der Waals surface area contributed by atoms with Crippen molar-refractivity contribution in [2.24, 2.45) is 0 Å². The smallest absolute Gasteiger partial charge is 0.249 e. The van der Waals surface area contributed by atoms with E-state index in [-0.39, 0.29) is 12.5 Å². The lowest BCUT2D eigenvalue weighted by molar-refractivity contribution is -0.130. The van der Waals surface area contributed by atoms with E-state index in [2.05, 4.69) is 15.5 Å². The summed E-state index contributed by atoms with van der Waals surface area (Å²) in [7, 11) is 1.50. The average molecular weight is 364 g/mol. The molecule has 2 aromatic heterocycles. The largest absolute Gasteiger partial charge is 0.484 e. The maximum Gasteiger partial charge on any atom is 0.249 e. The number of halogens is 1. The third-order valence-electron chi connectivity index (χ3n) is 3.77. The average Bonchev–Trinajstić information content (AvgIpc) is 3.25. The summed E-state index contributed by atoms with van der Waals surface area (Å²) in [5, 5.41) is 7.86. The molecule has 0 saturated carbocycles. The van der Waals surface area contributed by atoms with Gasteiger partial charge in [-0.2, -0.15) is 0 Å². The second-order valence-corrected chi connectivity index (χ2v) is 5.93. The Morgan fingerprint density at radius 3 is 3.00 bits per heavy atom. The zero-order chi connectivity index (χ0) is 17.8. The number of carbonyl (C=O) groups is 1. The molecule has 1 atom stereocenters. The van der Waals surface area contributed by atoms with Crippen LogP contribution in [0, 0.1) is 0 Å². The van der Waals surface area contributed by atoms with Crippen molar-refractivity contribution in [1.29, 1.82) is 0 Å². The Balaban J connectivity index is 1.70. The highest BCUT2D eigenvalue weighted by Crippen LogP contribution is 2.31. The molecule has 0 bridgehead atoms. The van der Waals surface area contributed by atoms with Crippen molar-refractivity contribution in [3.63, 3.8) is 0 Å². The quantitative estimate of drug-likeness (QED) is 0.673. The van der Waals surface area contributed by atoms with Crippen molar-refractivity contribution in [3.8, 4) is 5.75 Å². The van der Waals surface area contributed by atoms with E-state index in [1.165, 1.54) is 7.11 Å². The van der Waals surface area contributed by atoms with Crippen LogP contribution < -0.4 is 10.1 Å². The summed E-state index contributed by atoms with van der Waals surface area (Å²) in [4.78, 5) is 15.0. The lowest BCUT2D eigenvalue weighted by Crippen LogP contribution is -2.33. The summed E-state index contributed by atoms with van der Waals surface area (Å²) >= 11 is 6.27. The Morgan fingerprint density at radius 2 is 2.28 bits per heavy atom. The van der Waals surface area contributed by atoms with E-state index >= 15 is 0 Å². The third kappa shape index (κ3) is 4.12. The SMILES string of the molecule is COC(C)C(=O)NCc1cc2cc(Cl)c(OCc3ccno3)cc2[nH]1. The zero-order valence-electron chi connectivity index (χ0n) is 13.8. The van der Waals surface area contributed by atoms with Gasteiger partial charge in [0.2, 0.25) is 5.91 Å². The molecule has 25 heavy (non-hydrogen) atoms. The summed E-state index contributed by atoms with van der Waals surface area (Å²) in [6.07, 6.45) is 1.06. The van der Waals surface area contributed by atoms with Gasteiger partial charge in [-0.15, -0.1) is 0 Å². The normalized spacial score (nSPS) is 12.3. The lowest BCUT2D eigenvalue weighted by Gasteiger charge is -2.09. The molecule has 1 aromatic carbocycles. The zero-order valence-corrected chi connectivity index (χ0v) is 14.6. The monoisotopic (exact) mass is 363 g/mol. The summed E-state index contributed by atoms with van der Waals surface area (Å²) in [6, 6.07) is 7.28. The number of benzene rings is 1. The van der Waals surface area contributed by atoms with Gasteiger partial charge in [-0.25, -0.2) is 0 Å². The highest BCUT2D eigenvalue weighted by molar-refractivity contribution is 6.32. The second-order valence-electron chi connectivity index (χ2n) is 5.53. The molecule has 2 N–H and O–H groups in total. The van der Waals surface area contributed by atoms with E-state index in [0.717, 1.165) is 16.6 Å². The number of hydrogen-bond acceptors (Lipinski definition) is 5. The van der Waals surface area contributed by atoms with Crippen LogP contribution in [0.3, 0.4) is 0 Å². The van der Waals surface area contributed by atoms with Crippen LogP contribution in [0.1, 0.15) is 18.4 Å². The topological polar surface area (TPSA) is 89.4 Å². The minimum atomic E-state index is -0.491. The van der Waals surface area contributed by atoms with Crippen LogP contribution in [0.25, 0.3) is 10.9 Å². The molecule has 0 spiro atoms. The number of carbonyl (C=O) groups excluding carboxylic acids is 1. The van der Waals surface area contributed by atoms with Crippen molar-refractivity contribution < 1.29 is 18.8 Å². The fourth-order valence-corrected chi connectivity index (χ4v) is 2.52. The predicted molar refractivity (Wildman–Crippen MR) is 92.5 cm³/mol. The predicted octanol–water partition coefficient (Wildman–Crippen LogP) is 3.04. The minimum absolute atomic E-state index is 0.171. The summed E-state index contributed by atoms with van der Waals surface area (Å²) < 4.78 is 15.6. The van der Waals surface area contributed by atoms with Gasteiger partial charge in [0.1, 0.15) is 18.5 Å². The molecule has 0 radical (unpaired) electrons. The van der Waals surface area contributed by atoms with E-state index < -0.39 is 6.10 Å². The molecule has 7 nitrogen and oxygen atoms in total. The Morgan fingerprint density at radius 1 is 1.44 bits per heavy atom. The van der Waals surface area contributed by atoms with Crippen molar-refractivity contribution in [2.75, 3.05) is 7.11 Å². The molecule has 1 amide bonds. The van der Waals surface area contributed by atoms with Crippen molar-refractivity contribution >= 4 is 28.4 Å². The van der Waals surface area contributed by atoms with Crippen LogP contribution in [0.4, 0.5) is 0 Å². The number of amides is 1. The first-order chi connectivity index (χ1) is 12.1. The van der Waals surface area contributed by atoms with E-state index in [1.54, 1.807) is 19.2 Å². The van der Waals surface area contributed by atoms with Crippen LogP contribution in [0.5, 0.6) is 5.75 Å². The maximum atomic E-state index is 11.8. The molecule has 0 aliphatic heterocycles. The molecule has 132 valence electrons. The first-order valence-electron chi connectivity index (χ1n) is 7.71. The first kappa shape index (κ1) is 17.3. The summed E-state index contributed by atoms with van der Waals surface area (Å²) in [5.74, 6) is 0.976. The number of methoxy groups -OCH3 is 1. The summed E-state index contributed by atoms with van der Waals surface area (Å²) in [6.45, 7) is 2.30. The minimum Gasteiger partial charge on any atom is -0.484 e. The number of fused-ring (bicyclic) bond motifs is 1. The van der Waals surface area contributed by atoms with Crippen LogP contribution in [-0.2, 0) is 22.7 Å². The van der Waals surface area contributed by atoms with Crippen LogP contribution in [-0.4, -0.2) is 29.3 Å². The van der Waals surface area contributed by atoms with Gasteiger partial charge in [0, 0.05) is 35.8 Å². The highest BCUT2D eigenvalue weighted by atomic mass is 35.5. The van der Waals surface area contributed by atoms with Gasteiger partial charge >= 0.3 is 0 Å². The molecular weight excluding hydrogens is 346 g/mol. The molecule has 3 aromatic rings. The number of nitrogens with one attached hydrogen (secondary N) is 2. The summed E-state index contributed by atoms with van der Waals surface area (Å²) in [5.41, 5.74) is 1.72. The standard InChI is InChI=1S/C17H18ClN3O4/c1-10(23-2)17(22)19-8-12-5-11-6-14(18)16(7-15(11)21-12)24-9-13-3-4-20-25-13/h3-7,10,21H,8-9H2,1-2H3,(H,19,22). The molecule has 0 aliphatic carbocycles. The van der Waals surface area contributed by atoms with Crippen LogP contribution in [0.15, 0.2) is 35.0 Å². The van der Waals surface area contributed by atoms with Crippen LogP contribution >= 0.6 is 11.6 Å². The van der Waals surface area contributed by atoms with Gasteiger partial charge in [-0.1, -0.05) is 16.8 Å². The van der Waals surface area contributed by atoms with Crippen molar-refractivity contribution in [2.45, 2.75) is 26.2 Å². The molecule has 0 aliphatic rings. The van der Waals surface area contributed by atoms with Gasteiger partial charge in [-0.3, -0.25) is 4.79 Å². The number of ether oxygens (including phenoxy) is 2. The Bertz CT molecular complexity index is 860. The molecular formula is C17H18ClN3O4. The highest BCUT2D eigenvalue weighted by Gasteiger charge is 2.12. The Labute approximate surface area is 149 Å². The maximum absolute atomic E-state index is 11.8. The molecule has 8 heteroatoms. The number of rotatable bonds is 7. The molecule has 0 saturated heterocycles. The molecule has 1 unspecified atom stereocenters. The van der Waals surface area contributed by atoms with Gasteiger partial charge in [0.25, 0.3) is 0 Å². The van der Waals surface area contributed by atoms with Gasteiger partial charge < -0.3 is 24.3 Å². The molecule has 2 heterocycles. The third-order valence-corrected chi connectivity index (χ3v) is 4.06. The second kappa shape index (κ2) is 7.58. The lowest BCUT2D eigenvalue weighted by atomic mass is 10.2. The van der Waals surface area contributed by atoms with E-state index in [1.807, 2.05) is 18.2 Å². The van der Waals surface area contributed by atoms with Gasteiger partial charge in [0.05, 0.1) is 17.8 Å². The number of H-pyrrole nitrogens is 1. The Kier molecular flexibility index (Phi) is 5.25.